The van der Waals surface area contributed by atoms with E-state index in [1.54, 1.807) is 10.9 Å². The quantitative estimate of drug-likeness (QED) is 0.688. The van der Waals surface area contributed by atoms with Crippen molar-refractivity contribution < 1.29 is 0 Å². The van der Waals surface area contributed by atoms with Crippen molar-refractivity contribution in [1.29, 1.82) is 0 Å². The zero-order valence-corrected chi connectivity index (χ0v) is 8.46. The van der Waals surface area contributed by atoms with Crippen LogP contribution in [0.15, 0.2) is 16.7 Å². The highest BCUT2D eigenvalue weighted by molar-refractivity contribution is 9.10. The second-order valence-electron chi connectivity index (χ2n) is 2.73. The molecule has 2 aromatic heterocycles. The fraction of sp³-hybridized carbons (Fsp3) is 0.250. The van der Waals surface area contributed by atoms with E-state index in [0.717, 1.165) is 21.2 Å². The van der Waals surface area contributed by atoms with Crippen molar-refractivity contribution in [2.75, 3.05) is 0 Å². The summed E-state index contributed by atoms with van der Waals surface area (Å²) in [5.41, 5.74) is 1.94. The van der Waals surface area contributed by atoms with Gasteiger partial charge in [-0.15, -0.1) is 0 Å². The van der Waals surface area contributed by atoms with Gasteiger partial charge in [-0.1, -0.05) is 0 Å². The van der Waals surface area contributed by atoms with Crippen molar-refractivity contribution in [3.05, 3.63) is 22.4 Å². The zero-order valence-electron chi connectivity index (χ0n) is 6.87. The van der Waals surface area contributed by atoms with Crippen LogP contribution in [0.4, 0.5) is 0 Å². The number of nitrogens with zero attached hydrogens (tertiary/aromatic N) is 3. The first kappa shape index (κ1) is 7.73. The van der Waals surface area contributed by atoms with E-state index >= 15 is 0 Å². The number of rotatable bonds is 0. The minimum atomic E-state index is 0.927. The van der Waals surface area contributed by atoms with Crippen LogP contribution in [0.5, 0.6) is 0 Å². The van der Waals surface area contributed by atoms with Crippen molar-refractivity contribution in [3.8, 4) is 0 Å². The molecule has 0 aliphatic heterocycles. The number of fused-ring (bicyclic) bond motifs is 1. The number of hydrogen-bond donors (Lipinski definition) is 0. The monoisotopic (exact) mass is 225 g/mol. The van der Waals surface area contributed by atoms with Crippen LogP contribution in [0, 0.1) is 6.92 Å². The van der Waals surface area contributed by atoms with Crippen LogP contribution in [-0.4, -0.2) is 14.8 Å². The Kier molecular flexibility index (Phi) is 1.65. The largest absolute Gasteiger partial charge is 0.250 e. The van der Waals surface area contributed by atoms with Crippen LogP contribution in [0.2, 0.25) is 0 Å². The molecule has 0 spiro atoms. The average molecular weight is 226 g/mol. The van der Waals surface area contributed by atoms with E-state index in [9.17, 15) is 0 Å². The van der Waals surface area contributed by atoms with E-state index in [0.29, 0.717) is 0 Å². The molecule has 0 aliphatic carbocycles. The molecule has 0 unspecified atom stereocenters. The van der Waals surface area contributed by atoms with E-state index in [-0.39, 0.29) is 0 Å². The predicted octanol–water partition coefficient (Wildman–Crippen LogP) is 2.04. The van der Waals surface area contributed by atoms with Crippen LogP contribution >= 0.6 is 15.9 Å². The summed E-state index contributed by atoms with van der Waals surface area (Å²) in [5.74, 6) is 0. The Balaban J connectivity index is 2.90. The zero-order chi connectivity index (χ0) is 8.72. The van der Waals surface area contributed by atoms with Crippen molar-refractivity contribution >= 4 is 27.0 Å². The average Bonchev–Trinajstić information content (AvgIpc) is 2.28. The van der Waals surface area contributed by atoms with Gasteiger partial charge in [0.1, 0.15) is 0 Å². The Morgan fingerprint density at radius 2 is 2.25 bits per heavy atom. The number of aromatic nitrogens is 3. The first-order valence-electron chi connectivity index (χ1n) is 3.63. The molecule has 0 saturated carbocycles. The Morgan fingerprint density at radius 3 is 3.00 bits per heavy atom. The summed E-state index contributed by atoms with van der Waals surface area (Å²) in [5, 5.41) is 5.37. The summed E-state index contributed by atoms with van der Waals surface area (Å²) in [7, 11) is 1.90. The fourth-order valence-corrected chi connectivity index (χ4v) is 1.61. The van der Waals surface area contributed by atoms with Gasteiger partial charge >= 0.3 is 0 Å². The molecular weight excluding hydrogens is 218 g/mol. The third-order valence-electron chi connectivity index (χ3n) is 1.83. The van der Waals surface area contributed by atoms with Crippen LogP contribution < -0.4 is 0 Å². The number of aryl methyl sites for hydroxylation is 2. The van der Waals surface area contributed by atoms with E-state index in [2.05, 4.69) is 26.0 Å². The van der Waals surface area contributed by atoms with Gasteiger partial charge in [-0.2, -0.15) is 5.10 Å². The van der Waals surface area contributed by atoms with Gasteiger partial charge in [0.25, 0.3) is 0 Å². The van der Waals surface area contributed by atoms with Crippen LogP contribution in [-0.2, 0) is 7.05 Å². The lowest BCUT2D eigenvalue weighted by molar-refractivity contribution is 0.774. The van der Waals surface area contributed by atoms with E-state index in [1.165, 1.54) is 0 Å². The molecule has 0 saturated heterocycles. The summed E-state index contributed by atoms with van der Waals surface area (Å²) in [6, 6.07) is 2.03. The standard InChI is InChI=1S/C8H8BrN3/c1-5-7-3-6(9)4-10-8(7)12(2)11-5/h3-4H,1-2H3. The van der Waals surface area contributed by atoms with Crippen molar-refractivity contribution in [2.45, 2.75) is 6.92 Å². The molecule has 12 heavy (non-hydrogen) atoms. The van der Waals surface area contributed by atoms with E-state index < -0.39 is 0 Å². The van der Waals surface area contributed by atoms with Crippen LogP contribution in [0.3, 0.4) is 0 Å². The van der Waals surface area contributed by atoms with Crippen LogP contribution in [0.1, 0.15) is 5.69 Å². The summed E-state index contributed by atoms with van der Waals surface area (Å²) >= 11 is 3.38. The van der Waals surface area contributed by atoms with Gasteiger partial charge < -0.3 is 0 Å². The Hall–Kier alpha value is -0.900. The first-order valence-corrected chi connectivity index (χ1v) is 4.42. The maximum Gasteiger partial charge on any atom is 0.157 e. The van der Waals surface area contributed by atoms with Crippen LogP contribution in [0.25, 0.3) is 11.0 Å². The van der Waals surface area contributed by atoms with Gasteiger partial charge in [0.15, 0.2) is 5.65 Å². The first-order chi connectivity index (χ1) is 5.68. The highest BCUT2D eigenvalue weighted by Crippen LogP contribution is 2.19. The molecule has 62 valence electrons. The van der Waals surface area contributed by atoms with Gasteiger partial charge in [-0.25, -0.2) is 4.98 Å². The predicted molar refractivity (Wildman–Crippen MR) is 50.9 cm³/mol. The number of pyridine rings is 1. The molecule has 3 nitrogen and oxygen atoms in total. The molecule has 2 aromatic rings. The topological polar surface area (TPSA) is 30.7 Å². The maximum absolute atomic E-state index is 4.26. The third kappa shape index (κ3) is 1.03. The molecule has 0 aromatic carbocycles. The lowest BCUT2D eigenvalue weighted by atomic mass is 10.3. The molecule has 0 atom stereocenters. The second-order valence-corrected chi connectivity index (χ2v) is 3.65. The molecule has 2 rings (SSSR count). The minimum Gasteiger partial charge on any atom is -0.250 e. The molecular formula is C8H8BrN3. The Morgan fingerprint density at radius 1 is 1.50 bits per heavy atom. The molecule has 0 amide bonds. The van der Waals surface area contributed by atoms with Gasteiger partial charge in [-0.3, -0.25) is 4.68 Å². The second kappa shape index (κ2) is 2.55. The summed E-state index contributed by atoms with van der Waals surface area (Å²) in [6.07, 6.45) is 1.78. The molecule has 0 N–H and O–H groups in total. The van der Waals surface area contributed by atoms with Crippen molar-refractivity contribution in [1.82, 2.24) is 14.8 Å². The molecule has 0 fully saturated rings. The lowest BCUT2D eigenvalue weighted by Crippen LogP contribution is -1.91. The Bertz CT molecular complexity index is 433. The highest BCUT2D eigenvalue weighted by atomic mass is 79.9. The van der Waals surface area contributed by atoms with Gasteiger partial charge in [0.2, 0.25) is 0 Å². The van der Waals surface area contributed by atoms with E-state index in [4.69, 9.17) is 0 Å². The lowest BCUT2D eigenvalue weighted by Gasteiger charge is -1.92. The smallest absolute Gasteiger partial charge is 0.157 e. The van der Waals surface area contributed by atoms with Gasteiger partial charge in [0.05, 0.1) is 5.69 Å². The summed E-state index contributed by atoms with van der Waals surface area (Å²) in [4.78, 5) is 4.25. The SMILES string of the molecule is Cc1nn(C)c2ncc(Br)cc12. The normalized spacial score (nSPS) is 10.9. The number of hydrogen-bond acceptors (Lipinski definition) is 2. The van der Waals surface area contributed by atoms with Crippen molar-refractivity contribution in [3.63, 3.8) is 0 Å². The molecule has 0 bridgehead atoms. The summed E-state index contributed by atoms with van der Waals surface area (Å²) in [6.45, 7) is 1.98. The minimum absolute atomic E-state index is 0.927. The number of halogens is 1. The molecule has 2 heterocycles. The van der Waals surface area contributed by atoms with Gasteiger partial charge in [-0.05, 0) is 28.9 Å². The Labute approximate surface area is 78.5 Å². The van der Waals surface area contributed by atoms with Crippen molar-refractivity contribution in [2.24, 2.45) is 7.05 Å². The maximum atomic E-state index is 4.26. The molecule has 0 radical (unpaired) electrons. The fourth-order valence-electron chi connectivity index (χ4n) is 1.28. The third-order valence-corrected chi connectivity index (χ3v) is 2.26. The molecule has 0 aliphatic rings. The van der Waals surface area contributed by atoms with E-state index in [1.807, 2.05) is 20.0 Å². The summed E-state index contributed by atoms with van der Waals surface area (Å²) < 4.78 is 2.78. The highest BCUT2D eigenvalue weighted by Gasteiger charge is 2.04. The van der Waals surface area contributed by atoms with Gasteiger partial charge in [0, 0.05) is 23.1 Å². The molecule has 4 heteroatoms.